The number of imide groups is 1. The van der Waals surface area contributed by atoms with Crippen LogP contribution in [0.5, 0.6) is 0 Å². The Hall–Kier alpha value is -2.24. The number of likely N-dealkylation sites (tertiary alicyclic amines) is 1. The molecule has 0 aromatic carbocycles. The number of carbonyl (C=O) groups excluding carboxylic acids is 3. The molecule has 1 aromatic heterocycles. The smallest absolute Gasteiger partial charge is 0.272 e. The zero-order valence-electron chi connectivity index (χ0n) is 11.2. The van der Waals surface area contributed by atoms with Crippen molar-refractivity contribution in [2.75, 3.05) is 13.1 Å². The zero-order valence-corrected chi connectivity index (χ0v) is 11.2. The minimum Gasteiger partial charge on any atom is -0.336 e. The second kappa shape index (κ2) is 4.40. The van der Waals surface area contributed by atoms with E-state index in [2.05, 4.69) is 10.3 Å². The molecule has 0 radical (unpaired) electrons. The zero-order chi connectivity index (χ0) is 14.3. The summed E-state index contributed by atoms with van der Waals surface area (Å²) in [5.74, 6) is -0.693. The lowest BCUT2D eigenvalue weighted by Gasteiger charge is -2.20. The molecule has 1 spiro atoms. The Bertz CT molecular complexity index is 596. The Morgan fingerprint density at radius 1 is 1.40 bits per heavy atom. The highest BCUT2D eigenvalue weighted by Crippen LogP contribution is 2.37. The number of nitrogens with zero attached hydrogens (tertiary/aromatic N) is 2. The quantitative estimate of drug-likeness (QED) is 0.745. The van der Waals surface area contributed by atoms with E-state index in [1.54, 1.807) is 17.2 Å². The summed E-state index contributed by atoms with van der Waals surface area (Å²) in [6.45, 7) is 2.68. The summed E-state index contributed by atoms with van der Waals surface area (Å²) in [5, 5.41) is 2.32. The van der Waals surface area contributed by atoms with E-state index < -0.39 is 5.41 Å². The number of pyridine rings is 1. The molecule has 0 bridgehead atoms. The van der Waals surface area contributed by atoms with Crippen LogP contribution in [0, 0.1) is 12.3 Å². The molecule has 3 rings (SSSR count). The molecule has 1 atom stereocenters. The third kappa shape index (κ3) is 1.97. The molecule has 20 heavy (non-hydrogen) atoms. The number of hydrogen-bond donors (Lipinski definition) is 1. The third-order valence-corrected chi connectivity index (χ3v) is 4.01. The van der Waals surface area contributed by atoms with Gasteiger partial charge >= 0.3 is 0 Å². The van der Waals surface area contributed by atoms with Crippen LogP contribution in [0.3, 0.4) is 0 Å². The molecule has 1 N–H and O–H groups in total. The third-order valence-electron chi connectivity index (χ3n) is 4.01. The second-order valence-electron chi connectivity index (χ2n) is 5.53. The second-order valence-corrected chi connectivity index (χ2v) is 5.53. The van der Waals surface area contributed by atoms with Crippen molar-refractivity contribution in [3.8, 4) is 0 Å². The van der Waals surface area contributed by atoms with Crippen LogP contribution in [0.1, 0.15) is 28.9 Å². The first-order valence-corrected chi connectivity index (χ1v) is 6.56. The summed E-state index contributed by atoms with van der Waals surface area (Å²) < 4.78 is 0. The molecule has 6 nitrogen and oxygen atoms in total. The number of hydrogen-bond acceptors (Lipinski definition) is 4. The monoisotopic (exact) mass is 273 g/mol. The minimum atomic E-state index is -0.725. The number of carbonyl (C=O) groups is 3. The highest BCUT2D eigenvalue weighted by Gasteiger charge is 2.51. The van der Waals surface area contributed by atoms with Crippen LogP contribution in [0.2, 0.25) is 0 Å². The van der Waals surface area contributed by atoms with Crippen molar-refractivity contribution in [3.05, 3.63) is 29.6 Å². The molecular weight excluding hydrogens is 258 g/mol. The van der Waals surface area contributed by atoms with Crippen LogP contribution in [-0.4, -0.2) is 40.7 Å². The summed E-state index contributed by atoms with van der Waals surface area (Å²) >= 11 is 0. The Morgan fingerprint density at radius 3 is 2.80 bits per heavy atom. The normalized spacial score (nSPS) is 25.4. The van der Waals surface area contributed by atoms with Crippen LogP contribution < -0.4 is 5.32 Å². The van der Waals surface area contributed by atoms with Gasteiger partial charge < -0.3 is 4.90 Å². The van der Waals surface area contributed by atoms with Crippen LogP contribution in [0.25, 0.3) is 0 Å². The van der Waals surface area contributed by atoms with Gasteiger partial charge in [-0.2, -0.15) is 0 Å². The molecular formula is C14H15N3O3. The average Bonchev–Trinajstić information content (AvgIpc) is 2.95. The molecule has 104 valence electrons. The van der Waals surface area contributed by atoms with E-state index in [0.717, 1.165) is 5.56 Å². The van der Waals surface area contributed by atoms with Gasteiger partial charge in [-0.25, -0.2) is 0 Å². The summed E-state index contributed by atoms with van der Waals surface area (Å²) in [4.78, 5) is 41.3. The number of aryl methyl sites for hydroxylation is 1. The molecule has 1 unspecified atom stereocenters. The van der Waals surface area contributed by atoms with Gasteiger partial charge in [-0.3, -0.25) is 24.7 Å². The van der Waals surface area contributed by atoms with E-state index in [-0.39, 0.29) is 24.1 Å². The van der Waals surface area contributed by atoms with Crippen molar-refractivity contribution >= 4 is 17.7 Å². The fourth-order valence-electron chi connectivity index (χ4n) is 2.82. The highest BCUT2D eigenvalue weighted by molar-refractivity contribution is 6.06. The maximum atomic E-state index is 12.3. The fourth-order valence-corrected chi connectivity index (χ4v) is 2.82. The van der Waals surface area contributed by atoms with Gasteiger partial charge in [-0.05, 0) is 25.0 Å². The Labute approximate surface area is 116 Å². The molecule has 3 heterocycles. The van der Waals surface area contributed by atoms with E-state index in [9.17, 15) is 14.4 Å². The van der Waals surface area contributed by atoms with Gasteiger partial charge in [0, 0.05) is 25.7 Å². The molecule has 3 amide bonds. The lowest BCUT2D eigenvalue weighted by Crippen LogP contribution is -2.36. The van der Waals surface area contributed by atoms with E-state index in [1.165, 1.54) is 0 Å². The minimum absolute atomic E-state index is 0.178. The van der Waals surface area contributed by atoms with Gasteiger partial charge in [0.1, 0.15) is 5.69 Å². The Morgan fingerprint density at radius 2 is 2.20 bits per heavy atom. The van der Waals surface area contributed by atoms with Gasteiger partial charge in [-0.1, -0.05) is 6.07 Å². The van der Waals surface area contributed by atoms with Crippen molar-refractivity contribution < 1.29 is 14.4 Å². The van der Waals surface area contributed by atoms with Gasteiger partial charge in [0.25, 0.3) is 5.91 Å². The molecule has 2 aliphatic rings. The summed E-state index contributed by atoms with van der Waals surface area (Å²) in [6.07, 6.45) is 2.35. The Balaban J connectivity index is 1.77. The number of aromatic nitrogens is 1. The number of amides is 3. The first kappa shape index (κ1) is 12.8. The maximum absolute atomic E-state index is 12.3. The van der Waals surface area contributed by atoms with E-state index in [0.29, 0.717) is 25.2 Å². The highest BCUT2D eigenvalue weighted by atomic mass is 16.2. The molecule has 0 aliphatic carbocycles. The van der Waals surface area contributed by atoms with Crippen molar-refractivity contribution in [3.63, 3.8) is 0 Å². The lowest BCUT2D eigenvalue weighted by molar-refractivity contribution is -0.128. The molecule has 0 saturated carbocycles. The Kier molecular flexibility index (Phi) is 2.81. The van der Waals surface area contributed by atoms with E-state index in [1.807, 2.05) is 13.0 Å². The molecule has 1 aromatic rings. The lowest BCUT2D eigenvalue weighted by atomic mass is 9.85. The van der Waals surface area contributed by atoms with Crippen molar-refractivity contribution in [1.29, 1.82) is 0 Å². The van der Waals surface area contributed by atoms with Gasteiger partial charge in [-0.15, -0.1) is 0 Å². The van der Waals surface area contributed by atoms with Gasteiger partial charge in [0.15, 0.2) is 0 Å². The van der Waals surface area contributed by atoms with Crippen molar-refractivity contribution in [2.24, 2.45) is 5.41 Å². The summed E-state index contributed by atoms with van der Waals surface area (Å²) in [6, 6.07) is 3.51. The van der Waals surface area contributed by atoms with Crippen LogP contribution in [-0.2, 0) is 9.59 Å². The van der Waals surface area contributed by atoms with E-state index >= 15 is 0 Å². The number of nitrogens with one attached hydrogen (secondary N) is 1. The predicted molar refractivity (Wildman–Crippen MR) is 69.7 cm³/mol. The van der Waals surface area contributed by atoms with Crippen LogP contribution in [0.4, 0.5) is 0 Å². The standard InChI is InChI=1S/C14H15N3O3/c1-9-2-3-10(15-7-9)12(19)17-5-4-14(8-17)6-11(18)16-13(14)20/h2-3,7H,4-6,8H2,1H3,(H,16,18,20). The average molecular weight is 273 g/mol. The van der Waals surface area contributed by atoms with E-state index in [4.69, 9.17) is 0 Å². The SMILES string of the molecule is Cc1ccc(C(=O)N2CCC3(CC(=O)NC3=O)C2)nc1. The molecule has 2 fully saturated rings. The van der Waals surface area contributed by atoms with Gasteiger partial charge in [0.2, 0.25) is 11.8 Å². The largest absolute Gasteiger partial charge is 0.336 e. The van der Waals surface area contributed by atoms with Crippen LogP contribution in [0.15, 0.2) is 18.3 Å². The van der Waals surface area contributed by atoms with Crippen molar-refractivity contribution in [1.82, 2.24) is 15.2 Å². The summed E-state index contributed by atoms with van der Waals surface area (Å²) in [5.41, 5.74) is 0.634. The molecule has 2 aliphatic heterocycles. The summed E-state index contributed by atoms with van der Waals surface area (Å²) in [7, 11) is 0. The predicted octanol–water partition coefficient (Wildman–Crippen LogP) is 0.269. The maximum Gasteiger partial charge on any atom is 0.272 e. The molecule has 6 heteroatoms. The first-order valence-electron chi connectivity index (χ1n) is 6.56. The van der Waals surface area contributed by atoms with Crippen molar-refractivity contribution in [2.45, 2.75) is 19.8 Å². The fraction of sp³-hybridized carbons (Fsp3) is 0.429. The number of rotatable bonds is 1. The van der Waals surface area contributed by atoms with Gasteiger partial charge in [0.05, 0.1) is 5.41 Å². The first-order chi connectivity index (χ1) is 9.50. The molecule has 2 saturated heterocycles. The topological polar surface area (TPSA) is 79.4 Å². The van der Waals surface area contributed by atoms with Crippen LogP contribution >= 0.6 is 0 Å².